The number of H-pyrrole nitrogens is 1. The van der Waals surface area contributed by atoms with Crippen molar-refractivity contribution in [2.45, 2.75) is 24.8 Å². The van der Waals surface area contributed by atoms with E-state index in [9.17, 15) is 14.7 Å². The van der Waals surface area contributed by atoms with Gasteiger partial charge in [0.05, 0.1) is 13.2 Å². The molecule has 1 aromatic heterocycles. The van der Waals surface area contributed by atoms with Gasteiger partial charge in [-0.05, 0) is 60.0 Å². The number of ether oxygens (including phenoxy) is 2. The lowest BCUT2D eigenvalue weighted by Crippen LogP contribution is -2.40. The van der Waals surface area contributed by atoms with Crippen LogP contribution < -0.4 is 14.8 Å². The van der Waals surface area contributed by atoms with Crippen molar-refractivity contribution in [2.24, 2.45) is 0 Å². The number of aromatic hydroxyl groups is 1. The number of nitrogens with zero attached hydrogens (tertiary/aromatic N) is 3. The monoisotopic (exact) mass is 499 g/mol. The zero-order chi connectivity index (χ0) is 25.5. The molecule has 0 saturated carbocycles. The lowest BCUT2D eigenvalue weighted by Gasteiger charge is -2.21. The largest absolute Gasteiger partial charge is 0.504 e. The molecule has 2 aliphatic heterocycles. The van der Waals surface area contributed by atoms with Gasteiger partial charge in [0.25, 0.3) is 5.91 Å². The maximum atomic E-state index is 13.5. The molecule has 10 nitrogen and oxygen atoms in total. The molecular formula is C27H25N5O5. The van der Waals surface area contributed by atoms with Crippen molar-refractivity contribution in [1.29, 1.82) is 0 Å². The van der Waals surface area contributed by atoms with Crippen LogP contribution in [0, 0.1) is 0 Å². The fourth-order valence-electron chi connectivity index (χ4n) is 5.06. The Morgan fingerprint density at radius 1 is 1.03 bits per heavy atom. The Labute approximate surface area is 212 Å². The third kappa shape index (κ3) is 4.31. The van der Waals surface area contributed by atoms with Crippen LogP contribution in [0.2, 0.25) is 0 Å². The van der Waals surface area contributed by atoms with E-state index in [0.29, 0.717) is 47.6 Å². The summed E-state index contributed by atoms with van der Waals surface area (Å²) in [5, 5.41) is 24.2. The molecule has 2 atom stereocenters. The number of nitrogens with one attached hydrogen (secondary N) is 2. The molecule has 0 unspecified atom stereocenters. The summed E-state index contributed by atoms with van der Waals surface area (Å²) in [6.45, 7) is 0.772. The summed E-state index contributed by atoms with van der Waals surface area (Å²) in [5.41, 5.74) is 3.56. The maximum absolute atomic E-state index is 13.5. The summed E-state index contributed by atoms with van der Waals surface area (Å²) in [5.74, 6) is 0.823. The second kappa shape index (κ2) is 9.12. The number of amides is 2. The third-order valence-electron chi connectivity index (χ3n) is 7.02. The highest BCUT2D eigenvalue weighted by molar-refractivity contribution is 5.97. The van der Waals surface area contributed by atoms with E-state index in [1.54, 1.807) is 54.5 Å². The number of fused-ring (bicyclic) bond motifs is 7. The number of rotatable bonds is 2. The van der Waals surface area contributed by atoms with Crippen LogP contribution in [0.4, 0.5) is 0 Å². The van der Waals surface area contributed by atoms with Gasteiger partial charge in [-0.25, -0.2) is 0 Å². The van der Waals surface area contributed by atoms with Gasteiger partial charge in [-0.1, -0.05) is 12.1 Å². The van der Waals surface area contributed by atoms with Gasteiger partial charge in [-0.2, -0.15) is 15.4 Å². The molecule has 0 aliphatic carbocycles. The van der Waals surface area contributed by atoms with E-state index in [1.807, 2.05) is 12.1 Å². The van der Waals surface area contributed by atoms with Crippen LogP contribution in [0.3, 0.4) is 0 Å². The first-order valence-corrected chi connectivity index (χ1v) is 12.1. The first-order valence-electron chi connectivity index (χ1n) is 12.1. The highest BCUT2D eigenvalue weighted by atomic mass is 16.5. The van der Waals surface area contributed by atoms with E-state index in [-0.39, 0.29) is 41.7 Å². The zero-order valence-electron chi connectivity index (χ0n) is 20.1. The average Bonchev–Trinajstić information content (AvgIpc) is 3.55. The first kappa shape index (κ1) is 22.8. The molecule has 3 heterocycles. The lowest BCUT2D eigenvalue weighted by atomic mass is 9.93. The lowest BCUT2D eigenvalue weighted by molar-refractivity contribution is -0.121. The molecule has 3 aromatic carbocycles. The van der Waals surface area contributed by atoms with Crippen LogP contribution in [0.1, 0.15) is 33.8 Å². The minimum Gasteiger partial charge on any atom is -0.504 e. The second-order valence-electron chi connectivity index (χ2n) is 9.33. The Bertz CT molecular complexity index is 1520. The standard InChI is InChI=1S/C27H25N5O5/c1-36-23-8-5-16-12-25(23)37-24-10-15(2-7-22(24)33)3-9-26(34)28-21-14-32(13-18(16)21)27(35)17-4-6-19-20(11-17)30-31-29-19/h2,4-8,10-12,18,21,33H,3,9,13-14H2,1H3,(H,28,34)(H,29,30,31)/t18-,21+/m0/s1. The van der Waals surface area contributed by atoms with Gasteiger partial charge < -0.3 is 24.8 Å². The number of benzene rings is 3. The van der Waals surface area contributed by atoms with E-state index < -0.39 is 0 Å². The molecule has 2 amide bonds. The van der Waals surface area contributed by atoms with Gasteiger partial charge in [-0.15, -0.1) is 0 Å². The number of hydrogen-bond donors (Lipinski definition) is 3. The number of aromatic amines is 1. The minimum atomic E-state index is -0.286. The second-order valence-corrected chi connectivity index (χ2v) is 9.33. The fourth-order valence-corrected chi connectivity index (χ4v) is 5.06. The third-order valence-corrected chi connectivity index (χ3v) is 7.02. The highest BCUT2D eigenvalue weighted by Crippen LogP contribution is 2.40. The quantitative estimate of drug-likeness (QED) is 0.386. The topological polar surface area (TPSA) is 130 Å². The van der Waals surface area contributed by atoms with Crippen molar-refractivity contribution < 1.29 is 24.2 Å². The summed E-state index contributed by atoms with van der Waals surface area (Å²) in [4.78, 5) is 28.2. The number of carbonyl (C=O) groups is 2. The van der Waals surface area contributed by atoms with Crippen LogP contribution in [-0.4, -0.2) is 63.5 Å². The molecule has 2 aliphatic rings. The van der Waals surface area contributed by atoms with Gasteiger partial charge in [0.15, 0.2) is 23.0 Å². The highest BCUT2D eigenvalue weighted by Gasteiger charge is 2.38. The summed E-state index contributed by atoms with van der Waals surface area (Å²) >= 11 is 0. The fraction of sp³-hybridized carbons (Fsp3) is 0.259. The number of hydrogen-bond acceptors (Lipinski definition) is 7. The predicted octanol–water partition coefficient (Wildman–Crippen LogP) is 3.14. The number of likely N-dealkylation sites (tertiary alicyclic amines) is 1. The van der Waals surface area contributed by atoms with Gasteiger partial charge >= 0.3 is 0 Å². The van der Waals surface area contributed by atoms with Crippen molar-refractivity contribution >= 4 is 22.8 Å². The van der Waals surface area contributed by atoms with E-state index in [4.69, 9.17) is 9.47 Å². The zero-order valence-corrected chi connectivity index (χ0v) is 20.1. The molecule has 3 N–H and O–H groups in total. The number of phenolic OH excluding ortho intramolecular Hbond substituents is 1. The number of carbonyl (C=O) groups excluding carboxylic acids is 2. The summed E-state index contributed by atoms with van der Waals surface area (Å²) < 4.78 is 11.6. The Morgan fingerprint density at radius 2 is 1.89 bits per heavy atom. The predicted molar refractivity (Wildman–Crippen MR) is 134 cm³/mol. The summed E-state index contributed by atoms with van der Waals surface area (Å²) in [6.07, 6.45) is 0.750. The molecule has 4 aromatic rings. The smallest absolute Gasteiger partial charge is 0.254 e. The van der Waals surface area contributed by atoms with Crippen LogP contribution in [-0.2, 0) is 11.2 Å². The van der Waals surface area contributed by atoms with E-state index in [0.717, 1.165) is 11.1 Å². The van der Waals surface area contributed by atoms with Gasteiger partial charge in [0.1, 0.15) is 11.0 Å². The molecule has 1 fully saturated rings. The van der Waals surface area contributed by atoms with Gasteiger partial charge in [0, 0.05) is 31.0 Å². The number of methoxy groups -OCH3 is 1. The Morgan fingerprint density at radius 3 is 2.76 bits per heavy atom. The SMILES string of the molecule is COc1ccc2cc1Oc1cc(ccc1O)CCC(=O)N[C@@H]1CN(C(=O)c3ccc4n[nH]nc4c3)C[C@@H]21. The van der Waals surface area contributed by atoms with Crippen molar-refractivity contribution in [2.75, 3.05) is 20.2 Å². The molecule has 0 radical (unpaired) electrons. The molecule has 37 heavy (non-hydrogen) atoms. The van der Waals surface area contributed by atoms with Crippen molar-refractivity contribution in [3.63, 3.8) is 0 Å². The van der Waals surface area contributed by atoms with Crippen LogP contribution >= 0.6 is 0 Å². The van der Waals surface area contributed by atoms with E-state index in [2.05, 4.69) is 20.7 Å². The minimum absolute atomic E-state index is 0.00451. The van der Waals surface area contributed by atoms with E-state index >= 15 is 0 Å². The molecular weight excluding hydrogens is 474 g/mol. The van der Waals surface area contributed by atoms with Gasteiger partial charge in [-0.3, -0.25) is 9.59 Å². The normalized spacial score (nSPS) is 19.2. The Hall–Kier alpha value is -4.60. The molecule has 1 saturated heterocycles. The molecule has 6 rings (SSSR count). The number of aromatic nitrogens is 3. The van der Waals surface area contributed by atoms with Crippen LogP contribution in [0.15, 0.2) is 54.6 Å². The Kier molecular flexibility index (Phi) is 5.63. The first-order chi connectivity index (χ1) is 18.0. The molecule has 0 spiro atoms. The van der Waals surface area contributed by atoms with Gasteiger partial charge in [0.2, 0.25) is 5.91 Å². The van der Waals surface area contributed by atoms with E-state index in [1.165, 1.54) is 0 Å². The molecule has 10 heteroatoms. The molecule has 188 valence electrons. The van der Waals surface area contributed by atoms with Crippen LogP contribution in [0.25, 0.3) is 11.0 Å². The summed E-state index contributed by atoms with van der Waals surface area (Å²) in [7, 11) is 1.55. The number of phenols is 1. The van der Waals surface area contributed by atoms with Crippen molar-refractivity contribution in [3.05, 3.63) is 71.3 Å². The molecule has 4 bridgehead atoms. The Balaban J connectivity index is 1.36. The van der Waals surface area contributed by atoms with Crippen molar-refractivity contribution in [1.82, 2.24) is 25.6 Å². The van der Waals surface area contributed by atoms with Crippen LogP contribution in [0.5, 0.6) is 23.0 Å². The van der Waals surface area contributed by atoms with Crippen molar-refractivity contribution in [3.8, 4) is 23.0 Å². The average molecular weight is 500 g/mol. The summed E-state index contributed by atoms with van der Waals surface area (Å²) in [6, 6.07) is 15.6. The maximum Gasteiger partial charge on any atom is 0.254 e. The number of aryl methyl sites for hydroxylation is 1.